The third-order valence-corrected chi connectivity index (χ3v) is 2.51. The van der Waals surface area contributed by atoms with Gasteiger partial charge in [0.2, 0.25) is 0 Å². The highest BCUT2D eigenvalue weighted by molar-refractivity contribution is 5.34. The summed E-state index contributed by atoms with van der Waals surface area (Å²) in [5, 5.41) is 11.9. The maximum atomic E-state index is 8.57. The Morgan fingerprint density at radius 1 is 1.53 bits per heavy atom. The predicted octanol–water partition coefficient (Wildman–Crippen LogP) is 0.464. The number of anilines is 1. The van der Waals surface area contributed by atoms with Gasteiger partial charge in [-0.1, -0.05) is 0 Å². The van der Waals surface area contributed by atoms with Gasteiger partial charge in [0.15, 0.2) is 5.69 Å². The van der Waals surface area contributed by atoms with Crippen LogP contribution in [0, 0.1) is 11.3 Å². The molecule has 0 spiro atoms. The zero-order valence-electron chi connectivity index (χ0n) is 8.64. The molecule has 1 N–H and O–H groups in total. The Morgan fingerprint density at radius 2 is 2.40 bits per heavy atom. The molecule has 1 atom stereocenters. The minimum atomic E-state index is 0.351. The SMILES string of the molecule is CN1CCC(Nc2cnc(C#N)cn2)C1. The summed E-state index contributed by atoms with van der Waals surface area (Å²) in [7, 11) is 2.10. The fourth-order valence-corrected chi connectivity index (χ4v) is 1.72. The molecule has 0 amide bonds. The zero-order chi connectivity index (χ0) is 10.7. The van der Waals surface area contributed by atoms with Crippen molar-refractivity contribution < 1.29 is 0 Å². The molecule has 1 aliphatic rings. The van der Waals surface area contributed by atoms with E-state index in [-0.39, 0.29) is 0 Å². The third kappa shape index (κ3) is 2.42. The van der Waals surface area contributed by atoms with E-state index in [0.29, 0.717) is 11.7 Å². The maximum Gasteiger partial charge on any atom is 0.158 e. The van der Waals surface area contributed by atoms with E-state index in [2.05, 4.69) is 27.2 Å². The van der Waals surface area contributed by atoms with Gasteiger partial charge in [-0.15, -0.1) is 0 Å². The summed E-state index contributed by atoms with van der Waals surface area (Å²) < 4.78 is 0. The summed E-state index contributed by atoms with van der Waals surface area (Å²) in [6.07, 6.45) is 4.22. The Hall–Kier alpha value is -1.67. The Bertz CT molecular complexity index is 366. The number of hydrogen-bond donors (Lipinski definition) is 1. The molecule has 15 heavy (non-hydrogen) atoms. The lowest BCUT2D eigenvalue weighted by Gasteiger charge is -2.12. The van der Waals surface area contributed by atoms with Crippen LogP contribution in [-0.2, 0) is 0 Å². The minimum Gasteiger partial charge on any atom is -0.365 e. The number of hydrogen-bond acceptors (Lipinski definition) is 5. The standard InChI is InChI=1S/C10H13N5/c1-15-3-2-8(7-15)14-10-6-12-9(4-11)5-13-10/h5-6,8H,2-3,7H2,1H3,(H,13,14). The molecule has 0 aromatic carbocycles. The second kappa shape index (κ2) is 4.24. The minimum absolute atomic E-state index is 0.351. The lowest BCUT2D eigenvalue weighted by atomic mass is 10.2. The molecule has 78 valence electrons. The van der Waals surface area contributed by atoms with Gasteiger partial charge >= 0.3 is 0 Å². The van der Waals surface area contributed by atoms with E-state index < -0.39 is 0 Å². The summed E-state index contributed by atoms with van der Waals surface area (Å²) in [5.74, 6) is 0.745. The summed E-state index contributed by atoms with van der Waals surface area (Å²) >= 11 is 0. The second-order valence-electron chi connectivity index (χ2n) is 3.79. The Morgan fingerprint density at radius 3 is 2.93 bits per heavy atom. The number of nitriles is 1. The second-order valence-corrected chi connectivity index (χ2v) is 3.79. The zero-order valence-corrected chi connectivity index (χ0v) is 8.64. The number of rotatable bonds is 2. The first kappa shape index (κ1) is 9.87. The van der Waals surface area contributed by atoms with E-state index >= 15 is 0 Å². The van der Waals surface area contributed by atoms with Crippen LogP contribution in [0.2, 0.25) is 0 Å². The van der Waals surface area contributed by atoms with E-state index in [1.807, 2.05) is 6.07 Å². The molecule has 5 heteroatoms. The van der Waals surface area contributed by atoms with E-state index in [1.165, 1.54) is 6.20 Å². The molecular formula is C10H13N5. The Balaban J connectivity index is 1.96. The molecule has 2 heterocycles. The number of nitrogens with one attached hydrogen (secondary N) is 1. The molecule has 1 aromatic rings. The van der Waals surface area contributed by atoms with Gasteiger partial charge in [0.1, 0.15) is 11.9 Å². The largest absolute Gasteiger partial charge is 0.365 e. The van der Waals surface area contributed by atoms with Gasteiger partial charge in [0.05, 0.1) is 12.4 Å². The van der Waals surface area contributed by atoms with Crippen LogP contribution in [0.3, 0.4) is 0 Å². The van der Waals surface area contributed by atoms with E-state index in [1.54, 1.807) is 6.20 Å². The van der Waals surface area contributed by atoms with E-state index in [4.69, 9.17) is 5.26 Å². The highest BCUT2D eigenvalue weighted by atomic mass is 15.2. The van der Waals surface area contributed by atoms with Gasteiger partial charge in [0, 0.05) is 12.6 Å². The van der Waals surface area contributed by atoms with Gasteiger partial charge < -0.3 is 10.2 Å². The maximum absolute atomic E-state index is 8.57. The normalized spacial score (nSPS) is 21.2. The lowest BCUT2D eigenvalue weighted by molar-refractivity contribution is 0.414. The predicted molar refractivity (Wildman–Crippen MR) is 56.3 cm³/mol. The van der Waals surface area contributed by atoms with Crippen molar-refractivity contribution in [2.45, 2.75) is 12.5 Å². The number of aromatic nitrogens is 2. The van der Waals surface area contributed by atoms with Crippen LogP contribution in [0.4, 0.5) is 5.82 Å². The molecule has 0 aliphatic carbocycles. The van der Waals surface area contributed by atoms with Crippen molar-refractivity contribution in [1.29, 1.82) is 5.26 Å². The van der Waals surface area contributed by atoms with Crippen molar-refractivity contribution in [2.75, 3.05) is 25.5 Å². The van der Waals surface area contributed by atoms with Crippen LogP contribution < -0.4 is 5.32 Å². The molecule has 2 rings (SSSR count). The average molecular weight is 203 g/mol. The lowest BCUT2D eigenvalue weighted by Crippen LogP contribution is -2.24. The number of nitrogens with zero attached hydrogens (tertiary/aromatic N) is 4. The monoisotopic (exact) mass is 203 g/mol. The molecule has 1 saturated heterocycles. The molecule has 1 fully saturated rings. The molecule has 0 bridgehead atoms. The van der Waals surface area contributed by atoms with Crippen molar-refractivity contribution >= 4 is 5.82 Å². The molecule has 0 saturated carbocycles. The molecule has 1 aliphatic heterocycles. The highest BCUT2D eigenvalue weighted by Crippen LogP contribution is 2.11. The molecule has 1 unspecified atom stereocenters. The van der Waals surface area contributed by atoms with Crippen molar-refractivity contribution in [1.82, 2.24) is 14.9 Å². The van der Waals surface area contributed by atoms with Crippen LogP contribution in [-0.4, -0.2) is 41.0 Å². The van der Waals surface area contributed by atoms with Crippen LogP contribution in [0.25, 0.3) is 0 Å². The van der Waals surface area contributed by atoms with Gasteiger partial charge in [-0.3, -0.25) is 0 Å². The smallest absolute Gasteiger partial charge is 0.158 e. The fourth-order valence-electron chi connectivity index (χ4n) is 1.72. The summed E-state index contributed by atoms with van der Waals surface area (Å²) in [6.45, 7) is 2.14. The molecule has 0 radical (unpaired) electrons. The van der Waals surface area contributed by atoms with Crippen LogP contribution in [0.15, 0.2) is 12.4 Å². The highest BCUT2D eigenvalue weighted by Gasteiger charge is 2.19. The molecular weight excluding hydrogens is 190 g/mol. The fraction of sp³-hybridized carbons (Fsp3) is 0.500. The van der Waals surface area contributed by atoms with Crippen LogP contribution in [0.5, 0.6) is 0 Å². The van der Waals surface area contributed by atoms with Gasteiger partial charge in [-0.2, -0.15) is 5.26 Å². The number of likely N-dealkylation sites (N-methyl/N-ethyl adjacent to an activating group) is 1. The van der Waals surface area contributed by atoms with Crippen molar-refractivity contribution in [3.63, 3.8) is 0 Å². The van der Waals surface area contributed by atoms with Gasteiger partial charge in [-0.05, 0) is 20.0 Å². The first-order valence-electron chi connectivity index (χ1n) is 4.95. The molecule has 1 aromatic heterocycles. The molecule has 5 nitrogen and oxygen atoms in total. The van der Waals surface area contributed by atoms with Crippen LogP contribution in [0.1, 0.15) is 12.1 Å². The Kier molecular flexibility index (Phi) is 2.79. The summed E-state index contributed by atoms with van der Waals surface area (Å²) in [5.41, 5.74) is 0.351. The average Bonchev–Trinajstić information content (AvgIpc) is 2.65. The van der Waals surface area contributed by atoms with Crippen molar-refractivity contribution in [3.05, 3.63) is 18.1 Å². The van der Waals surface area contributed by atoms with Crippen molar-refractivity contribution in [2.24, 2.45) is 0 Å². The van der Waals surface area contributed by atoms with Gasteiger partial charge in [-0.25, -0.2) is 9.97 Å². The Labute approximate surface area is 88.8 Å². The third-order valence-electron chi connectivity index (χ3n) is 2.51. The topological polar surface area (TPSA) is 64.8 Å². The van der Waals surface area contributed by atoms with E-state index in [0.717, 1.165) is 25.3 Å². The number of likely N-dealkylation sites (tertiary alicyclic amines) is 1. The quantitative estimate of drug-likeness (QED) is 0.756. The first-order valence-corrected chi connectivity index (χ1v) is 4.95. The van der Waals surface area contributed by atoms with E-state index in [9.17, 15) is 0 Å². The first-order chi connectivity index (χ1) is 7.28. The summed E-state index contributed by atoms with van der Waals surface area (Å²) in [6, 6.07) is 2.39. The summed E-state index contributed by atoms with van der Waals surface area (Å²) in [4.78, 5) is 10.4. The van der Waals surface area contributed by atoms with Gasteiger partial charge in [0.25, 0.3) is 0 Å². The van der Waals surface area contributed by atoms with Crippen LogP contribution >= 0.6 is 0 Å². The van der Waals surface area contributed by atoms with Crippen molar-refractivity contribution in [3.8, 4) is 6.07 Å².